The largest absolute Gasteiger partial charge is 0.477 e. The maximum Gasteiger partial charge on any atom is 0.352 e. The Kier molecular flexibility index (Phi) is 4.10. The van der Waals surface area contributed by atoms with Crippen LogP contribution in [0.1, 0.15) is 15.9 Å². The highest BCUT2D eigenvalue weighted by molar-refractivity contribution is 7.08. The summed E-state index contributed by atoms with van der Waals surface area (Å²) in [6.45, 7) is 0. The van der Waals surface area contributed by atoms with Gasteiger partial charge in [-0.3, -0.25) is 4.79 Å². The number of nitrogens with one attached hydrogen (secondary N) is 1. The van der Waals surface area contributed by atoms with Crippen LogP contribution in [0.5, 0.6) is 0 Å². The zero-order chi connectivity index (χ0) is 13.7. The molecule has 0 aliphatic heterocycles. The summed E-state index contributed by atoms with van der Waals surface area (Å²) in [6, 6.07) is 10.3. The predicted octanol–water partition coefficient (Wildman–Crippen LogP) is 2.60. The Morgan fingerprint density at radius 3 is 2.47 bits per heavy atom. The molecule has 2 N–H and O–H groups in total. The van der Waals surface area contributed by atoms with Crippen LogP contribution < -0.4 is 5.32 Å². The molecule has 1 heterocycles. The molecule has 0 aliphatic rings. The number of hydrogen-bond donors (Lipinski definition) is 2. The summed E-state index contributed by atoms with van der Waals surface area (Å²) in [5.41, 5.74) is 1.02. The van der Waals surface area contributed by atoms with Gasteiger partial charge in [0.05, 0.1) is 0 Å². The SMILES string of the molecule is O=C(O)C(=Cc1ccsc1)NC(=O)c1ccccc1. The van der Waals surface area contributed by atoms with Gasteiger partial charge in [0.25, 0.3) is 5.91 Å². The molecule has 96 valence electrons. The van der Waals surface area contributed by atoms with Gasteiger partial charge in [0.1, 0.15) is 5.70 Å². The van der Waals surface area contributed by atoms with Crippen molar-refractivity contribution in [2.24, 2.45) is 0 Å². The monoisotopic (exact) mass is 273 g/mol. The molecule has 1 amide bonds. The van der Waals surface area contributed by atoms with Crippen molar-refractivity contribution in [1.82, 2.24) is 5.32 Å². The highest BCUT2D eigenvalue weighted by Crippen LogP contribution is 2.10. The topological polar surface area (TPSA) is 66.4 Å². The lowest BCUT2D eigenvalue weighted by molar-refractivity contribution is -0.132. The summed E-state index contributed by atoms with van der Waals surface area (Å²) in [5, 5.41) is 15.1. The van der Waals surface area contributed by atoms with E-state index in [1.807, 2.05) is 5.38 Å². The Labute approximate surface area is 114 Å². The Morgan fingerprint density at radius 1 is 1.16 bits per heavy atom. The van der Waals surface area contributed by atoms with Gasteiger partial charge in [0.15, 0.2) is 0 Å². The molecule has 0 aliphatic carbocycles. The second-order valence-corrected chi connectivity index (χ2v) is 4.52. The number of carboxylic acid groups (broad SMARTS) is 1. The van der Waals surface area contributed by atoms with Gasteiger partial charge < -0.3 is 10.4 Å². The van der Waals surface area contributed by atoms with Crippen LogP contribution in [0.4, 0.5) is 0 Å². The van der Waals surface area contributed by atoms with Crippen LogP contribution in [0.3, 0.4) is 0 Å². The van der Waals surface area contributed by atoms with E-state index >= 15 is 0 Å². The van der Waals surface area contributed by atoms with Gasteiger partial charge in [-0.15, -0.1) is 0 Å². The Bertz CT molecular complexity index is 603. The molecule has 0 atom stereocenters. The fourth-order valence-electron chi connectivity index (χ4n) is 1.46. The number of amides is 1. The molecule has 0 radical (unpaired) electrons. The molecule has 0 unspecified atom stereocenters. The third kappa shape index (κ3) is 3.53. The van der Waals surface area contributed by atoms with E-state index in [-0.39, 0.29) is 5.70 Å². The first kappa shape index (κ1) is 13.0. The fraction of sp³-hybridized carbons (Fsp3) is 0. The van der Waals surface area contributed by atoms with Crippen LogP contribution in [0, 0.1) is 0 Å². The number of carbonyl (C=O) groups excluding carboxylic acids is 1. The molecule has 1 aromatic carbocycles. The normalized spacial score (nSPS) is 11.1. The van der Waals surface area contributed by atoms with Crippen LogP contribution >= 0.6 is 11.3 Å². The smallest absolute Gasteiger partial charge is 0.352 e. The summed E-state index contributed by atoms with van der Waals surface area (Å²) in [5.74, 6) is -1.61. The molecule has 0 bridgehead atoms. The third-order valence-electron chi connectivity index (χ3n) is 2.37. The summed E-state index contributed by atoms with van der Waals surface area (Å²) in [4.78, 5) is 23.0. The molecule has 0 saturated heterocycles. The van der Waals surface area contributed by atoms with Crippen LogP contribution in [0.2, 0.25) is 0 Å². The summed E-state index contributed by atoms with van der Waals surface area (Å²) in [6.07, 6.45) is 1.43. The molecular weight excluding hydrogens is 262 g/mol. The van der Waals surface area contributed by atoms with E-state index < -0.39 is 11.9 Å². The van der Waals surface area contributed by atoms with Crippen LogP contribution in [-0.2, 0) is 4.79 Å². The lowest BCUT2D eigenvalue weighted by Crippen LogP contribution is -2.27. The van der Waals surface area contributed by atoms with Gasteiger partial charge in [-0.05, 0) is 40.6 Å². The molecule has 0 saturated carbocycles. The molecule has 0 spiro atoms. The standard InChI is InChI=1S/C14H11NO3S/c16-13(11-4-2-1-3-5-11)15-12(14(17)18)8-10-6-7-19-9-10/h1-9H,(H,15,16)(H,17,18). The van der Waals surface area contributed by atoms with Gasteiger partial charge in [-0.25, -0.2) is 4.79 Å². The van der Waals surface area contributed by atoms with Crippen molar-refractivity contribution in [3.63, 3.8) is 0 Å². The van der Waals surface area contributed by atoms with Crippen LogP contribution in [-0.4, -0.2) is 17.0 Å². The van der Waals surface area contributed by atoms with Gasteiger partial charge >= 0.3 is 5.97 Å². The summed E-state index contributed by atoms with van der Waals surface area (Å²) in [7, 11) is 0. The van der Waals surface area contributed by atoms with Gasteiger partial charge in [-0.1, -0.05) is 18.2 Å². The number of benzene rings is 1. The first-order valence-corrected chi connectivity index (χ1v) is 6.44. The number of aliphatic carboxylic acids is 1. The molecule has 2 rings (SSSR count). The molecule has 4 nitrogen and oxygen atoms in total. The maximum atomic E-state index is 11.9. The quantitative estimate of drug-likeness (QED) is 0.841. The van der Waals surface area contributed by atoms with Crippen molar-refractivity contribution in [1.29, 1.82) is 0 Å². The summed E-state index contributed by atoms with van der Waals surface area (Å²) >= 11 is 1.46. The molecule has 5 heteroatoms. The van der Waals surface area contributed by atoms with Crippen LogP contribution in [0.15, 0.2) is 52.9 Å². The van der Waals surface area contributed by atoms with Gasteiger partial charge in [0.2, 0.25) is 0 Å². The first-order chi connectivity index (χ1) is 9.16. The fourth-order valence-corrected chi connectivity index (χ4v) is 2.08. The predicted molar refractivity (Wildman–Crippen MR) is 73.8 cm³/mol. The highest BCUT2D eigenvalue weighted by atomic mass is 32.1. The molecule has 0 fully saturated rings. The number of thiophene rings is 1. The number of carbonyl (C=O) groups is 2. The molecule has 19 heavy (non-hydrogen) atoms. The second kappa shape index (κ2) is 5.97. The van der Waals surface area contributed by atoms with Crippen molar-refractivity contribution in [2.75, 3.05) is 0 Å². The van der Waals surface area contributed by atoms with Crippen molar-refractivity contribution >= 4 is 29.3 Å². The van der Waals surface area contributed by atoms with Crippen molar-refractivity contribution < 1.29 is 14.7 Å². The van der Waals surface area contributed by atoms with Crippen molar-refractivity contribution in [3.8, 4) is 0 Å². The minimum Gasteiger partial charge on any atom is -0.477 e. The number of hydrogen-bond acceptors (Lipinski definition) is 3. The second-order valence-electron chi connectivity index (χ2n) is 3.74. The summed E-state index contributed by atoms with van der Waals surface area (Å²) < 4.78 is 0. The van der Waals surface area contributed by atoms with E-state index in [0.29, 0.717) is 5.56 Å². The lowest BCUT2D eigenvalue weighted by atomic mass is 10.2. The van der Waals surface area contributed by atoms with E-state index in [0.717, 1.165) is 5.56 Å². The Balaban J connectivity index is 2.19. The molecule has 1 aromatic heterocycles. The zero-order valence-corrected chi connectivity index (χ0v) is 10.7. The van der Waals surface area contributed by atoms with E-state index in [4.69, 9.17) is 5.11 Å². The van der Waals surface area contributed by atoms with Crippen molar-refractivity contribution in [2.45, 2.75) is 0 Å². The Morgan fingerprint density at radius 2 is 1.89 bits per heavy atom. The minimum atomic E-state index is -1.17. The van der Waals surface area contributed by atoms with Crippen LogP contribution in [0.25, 0.3) is 6.08 Å². The van der Waals surface area contributed by atoms with Gasteiger partial charge in [0, 0.05) is 5.56 Å². The third-order valence-corrected chi connectivity index (χ3v) is 3.07. The van der Waals surface area contributed by atoms with Gasteiger partial charge in [-0.2, -0.15) is 11.3 Å². The number of carboxylic acids is 1. The average Bonchev–Trinajstić information content (AvgIpc) is 2.91. The van der Waals surface area contributed by atoms with E-state index in [1.165, 1.54) is 17.4 Å². The van der Waals surface area contributed by atoms with E-state index in [1.54, 1.807) is 41.8 Å². The molecular formula is C14H11NO3S. The van der Waals surface area contributed by atoms with E-state index in [2.05, 4.69) is 5.32 Å². The van der Waals surface area contributed by atoms with E-state index in [9.17, 15) is 9.59 Å². The molecule has 2 aromatic rings. The Hall–Kier alpha value is -2.40. The minimum absolute atomic E-state index is 0.146. The average molecular weight is 273 g/mol. The maximum absolute atomic E-state index is 11.9. The zero-order valence-electron chi connectivity index (χ0n) is 9.87. The highest BCUT2D eigenvalue weighted by Gasteiger charge is 2.12. The lowest BCUT2D eigenvalue weighted by Gasteiger charge is -2.05. The first-order valence-electron chi connectivity index (χ1n) is 5.50. The number of rotatable bonds is 4. The van der Waals surface area contributed by atoms with Crippen molar-refractivity contribution in [3.05, 3.63) is 64.0 Å².